The van der Waals surface area contributed by atoms with Crippen LogP contribution in [-0.2, 0) is 6.54 Å². The third-order valence-corrected chi connectivity index (χ3v) is 4.63. The molecule has 1 saturated heterocycles. The molecule has 2 rings (SSSR count). The standard InChI is InChI=1S/C18H32N4O.HI/c1-14-6-10-22(11-7-14)9-5-8-20-18(19-4)21-13-17-12-15(2)23-16(17)3;/h12,14H,5-11,13H2,1-4H3,(H2,19,20,21);1H. The first-order valence-electron chi connectivity index (χ1n) is 8.81. The number of furan rings is 1. The van der Waals surface area contributed by atoms with Crippen molar-refractivity contribution in [3.63, 3.8) is 0 Å². The fraction of sp³-hybridized carbons (Fsp3) is 0.722. The minimum absolute atomic E-state index is 0. The first-order valence-corrected chi connectivity index (χ1v) is 8.81. The highest BCUT2D eigenvalue weighted by Gasteiger charge is 2.14. The van der Waals surface area contributed by atoms with Crippen molar-refractivity contribution in [2.24, 2.45) is 10.9 Å². The Kier molecular flexibility index (Phi) is 9.73. The quantitative estimate of drug-likeness (QED) is 0.304. The molecule has 0 bridgehead atoms. The number of hydrogen-bond acceptors (Lipinski definition) is 3. The van der Waals surface area contributed by atoms with Gasteiger partial charge in [0.15, 0.2) is 5.96 Å². The lowest BCUT2D eigenvalue weighted by Gasteiger charge is -2.30. The van der Waals surface area contributed by atoms with Crippen LogP contribution in [0.25, 0.3) is 0 Å². The van der Waals surface area contributed by atoms with E-state index >= 15 is 0 Å². The van der Waals surface area contributed by atoms with Gasteiger partial charge in [-0.3, -0.25) is 4.99 Å². The van der Waals surface area contributed by atoms with Gasteiger partial charge in [-0.1, -0.05) is 6.92 Å². The fourth-order valence-electron chi connectivity index (χ4n) is 3.05. The highest BCUT2D eigenvalue weighted by atomic mass is 127. The van der Waals surface area contributed by atoms with Crippen molar-refractivity contribution in [3.8, 4) is 0 Å². The molecule has 24 heavy (non-hydrogen) atoms. The topological polar surface area (TPSA) is 52.8 Å². The summed E-state index contributed by atoms with van der Waals surface area (Å²) in [6.07, 6.45) is 3.85. The van der Waals surface area contributed by atoms with E-state index in [1.165, 1.54) is 38.0 Å². The minimum Gasteiger partial charge on any atom is -0.466 e. The molecule has 2 N–H and O–H groups in total. The van der Waals surface area contributed by atoms with E-state index in [2.05, 4.69) is 33.5 Å². The van der Waals surface area contributed by atoms with E-state index in [0.717, 1.165) is 42.9 Å². The zero-order valence-electron chi connectivity index (χ0n) is 15.5. The van der Waals surface area contributed by atoms with Crippen LogP contribution in [0.15, 0.2) is 15.5 Å². The Morgan fingerprint density at radius 1 is 1.29 bits per heavy atom. The normalized spacial score (nSPS) is 16.8. The number of aryl methyl sites for hydroxylation is 2. The molecular weight excluding hydrogens is 415 g/mol. The van der Waals surface area contributed by atoms with Gasteiger partial charge in [0.05, 0.1) is 0 Å². The van der Waals surface area contributed by atoms with Gasteiger partial charge in [0.2, 0.25) is 0 Å². The summed E-state index contributed by atoms with van der Waals surface area (Å²) in [5.74, 6) is 3.70. The van der Waals surface area contributed by atoms with E-state index in [0.29, 0.717) is 0 Å². The monoisotopic (exact) mass is 448 g/mol. The number of halogens is 1. The summed E-state index contributed by atoms with van der Waals surface area (Å²) in [4.78, 5) is 6.86. The van der Waals surface area contributed by atoms with Crippen molar-refractivity contribution in [1.29, 1.82) is 0 Å². The van der Waals surface area contributed by atoms with E-state index in [4.69, 9.17) is 4.42 Å². The van der Waals surface area contributed by atoms with Gasteiger partial charge in [-0.25, -0.2) is 0 Å². The average Bonchev–Trinajstić information content (AvgIpc) is 2.86. The van der Waals surface area contributed by atoms with E-state index in [1.54, 1.807) is 0 Å². The lowest BCUT2D eigenvalue weighted by molar-refractivity contribution is 0.191. The van der Waals surface area contributed by atoms with E-state index in [9.17, 15) is 0 Å². The predicted molar refractivity (Wildman–Crippen MR) is 111 cm³/mol. The SMILES string of the molecule is CN=C(NCCCN1CCC(C)CC1)NCc1cc(C)oc1C.I. The van der Waals surface area contributed by atoms with Gasteiger partial charge in [-0.05, 0) is 64.7 Å². The predicted octanol–water partition coefficient (Wildman–Crippen LogP) is 3.30. The number of guanidine groups is 1. The lowest BCUT2D eigenvalue weighted by atomic mass is 9.99. The Hall–Kier alpha value is -0.760. The Bertz CT molecular complexity index is 507. The van der Waals surface area contributed by atoms with Gasteiger partial charge in [-0.15, -0.1) is 24.0 Å². The van der Waals surface area contributed by atoms with E-state index < -0.39 is 0 Å². The second kappa shape index (κ2) is 11.0. The first kappa shape index (κ1) is 21.3. The van der Waals surface area contributed by atoms with Crippen LogP contribution in [0.2, 0.25) is 0 Å². The molecular formula is C18H33IN4O. The summed E-state index contributed by atoms with van der Waals surface area (Å²) in [5.41, 5.74) is 1.19. The van der Waals surface area contributed by atoms with Crippen LogP contribution in [-0.4, -0.2) is 44.1 Å². The molecule has 0 unspecified atom stereocenters. The summed E-state index contributed by atoms with van der Waals surface area (Å²) in [5, 5.41) is 6.75. The molecule has 1 aliphatic heterocycles. The molecule has 0 saturated carbocycles. The fourth-order valence-corrected chi connectivity index (χ4v) is 3.05. The summed E-state index contributed by atoms with van der Waals surface area (Å²) in [6, 6.07) is 2.08. The van der Waals surface area contributed by atoms with Gasteiger partial charge < -0.3 is 20.0 Å². The number of nitrogens with one attached hydrogen (secondary N) is 2. The Morgan fingerprint density at radius 3 is 2.58 bits per heavy atom. The molecule has 0 spiro atoms. The summed E-state index contributed by atoms with van der Waals surface area (Å²) in [7, 11) is 1.81. The van der Waals surface area contributed by atoms with Crippen molar-refractivity contribution < 1.29 is 4.42 Å². The third kappa shape index (κ3) is 7.01. The molecule has 5 nitrogen and oxygen atoms in total. The number of likely N-dealkylation sites (tertiary alicyclic amines) is 1. The van der Waals surface area contributed by atoms with Crippen LogP contribution in [0.1, 0.15) is 43.3 Å². The van der Waals surface area contributed by atoms with Crippen molar-refractivity contribution in [2.75, 3.05) is 33.2 Å². The van der Waals surface area contributed by atoms with Crippen LogP contribution < -0.4 is 10.6 Å². The lowest BCUT2D eigenvalue weighted by Crippen LogP contribution is -2.39. The number of piperidine rings is 1. The average molecular weight is 448 g/mol. The Labute approximate surface area is 163 Å². The van der Waals surface area contributed by atoms with Crippen molar-refractivity contribution >= 4 is 29.9 Å². The molecule has 6 heteroatoms. The summed E-state index contributed by atoms with van der Waals surface area (Å²) < 4.78 is 5.55. The molecule has 0 aromatic carbocycles. The largest absolute Gasteiger partial charge is 0.466 e. The number of nitrogens with zero attached hydrogens (tertiary/aromatic N) is 2. The Balaban J connectivity index is 0.00000288. The summed E-state index contributed by atoms with van der Waals surface area (Å²) in [6.45, 7) is 11.7. The van der Waals surface area contributed by atoms with Gasteiger partial charge >= 0.3 is 0 Å². The maximum atomic E-state index is 5.55. The molecule has 0 radical (unpaired) electrons. The molecule has 1 fully saturated rings. The van der Waals surface area contributed by atoms with Gasteiger partial charge in [0, 0.05) is 25.7 Å². The molecule has 1 aromatic rings. The maximum absolute atomic E-state index is 5.55. The van der Waals surface area contributed by atoms with E-state index in [1.807, 2.05) is 20.9 Å². The zero-order valence-corrected chi connectivity index (χ0v) is 17.9. The van der Waals surface area contributed by atoms with Crippen LogP contribution in [0.4, 0.5) is 0 Å². The van der Waals surface area contributed by atoms with Crippen LogP contribution in [0.3, 0.4) is 0 Å². The van der Waals surface area contributed by atoms with Crippen molar-refractivity contribution in [2.45, 2.75) is 46.6 Å². The first-order chi connectivity index (χ1) is 11.1. The minimum atomic E-state index is 0. The van der Waals surface area contributed by atoms with E-state index in [-0.39, 0.29) is 24.0 Å². The van der Waals surface area contributed by atoms with Crippen LogP contribution in [0.5, 0.6) is 0 Å². The zero-order chi connectivity index (χ0) is 16.7. The molecule has 0 aliphatic carbocycles. The summed E-state index contributed by atoms with van der Waals surface area (Å²) >= 11 is 0. The molecule has 0 amide bonds. The molecule has 1 aromatic heterocycles. The smallest absolute Gasteiger partial charge is 0.191 e. The second-order valence-corrected chi connectivity index (χ2v) is 6.67. The Morgan fingerprint density at radius 2 is 2.00 bits per heavy atom. The number of rotatable bonds is 6. The molecule has 0 atom stereocenters. The maximum Gasteiger partial charge on any atom is 0.191 e. The van der Waals surface area contributed by atoms with Gasteiger partial charge in [0.1, 0.15) is 11.5 Å². The van der Waals surface area contributed by atoms with Gasteiger partial charge in [0.25, 0.3) is 0 Å². The highest BCUT2D eigenvalue weighted by Crippen LogP contribution is 2.15. The third-order valence-electron chi connectivity index (χ3n) is 4.63. The van der Waals surface area contributed by atoms with Crippen LogP contribution in [0, 0.1) is 19.8 Å². The molecule has 138 valence electrons. The van der Waals surface area contributed by atoms with Crippen molar-refractivity contribution in [3.05, 3.63) is 23.2 Å². The van der Waals surface area contributed by atoms with Crippen LogP contribution >= 0.6 is 24.0 Å². The molecule has 2 heterocycles. The number of hydrogen-bond donors (Lipinski definition) is 2. The second-order valence-electron chi connectivity index (χ2n) is 6.67. The van der Waals surface area contributed by atoms with Gasteiger partial charge in [-0.2, -0.15) is 0 Å². The van der Waals surface area contributed by atoms with Crippen molar-refractivity contribution in [1.82, 2.24) is 15.5 Å². The highest BCUT2D eigenvalue weighted by molar-refractivity contribution is 14.0. The molecule has 1 aliphatic rings. The number of aliphatic imine (C=N–C) groups is 1.